The van der Waals surface area contributed by atoms with Gasteiger partial charge in [0, 0.05) is 24.7 Å². The fourth-order valence-corrected chi connectivity index (χ4v) is 2.74. The zero-order valence-corrected chi connectivity index (χ0v) is 14.5. The van der Waals surface area contributed by atoms with Crippen molar-refractivity contribution in [2.75, 3.05) is 13.7 Å². The molecule has 5 nitrogen and oxygen atoms in total. The molecule has 0 saturated heterocycles. The van der Waals surface area contributed by atoms with Crippen LogP contribution >= 0.6 is 0 Å². The minimum atomic E-state index is -0.0840. The molecule has 0 bridgehead atoms. The smallest absolute Gasteiger partial charge is 0.252 e. The SMILES string of the molecule is CCOc1ccc2cc(CNCc3cccc(OC)c3)c(=O)[nH]c2c1. The fourth-order valence-electron chi connectivity index (χ4n) is 2.74. The van der Waals surface area contributed by atoms with Crippen molar-refractivity contribution in [3.8, 4) is 11.5 Å². The Kier molecular flexibility index (Phi) is 5.36. The number of ether oxygens (including phenoxy) is 2. The van der Waals surface area contributed by atoms with Crippen LogP contribution in [0.4, 0.5) is 0 Å². The minimum absolute atomic E-state index is 0.0840. The lowest BCUT2D eigenvalue weighted by atomic mass is 10.1. The summed E-state index contributed by atoms with van der Waals surface area (Å²) in [4.78, 5) is 15.2. The number of hydrogen-bond donors (Lipinski definition) is 2. The van der Waals surface area contributed by atoms with E-state index in [1.54, 1.807) is 7.11 Å². The average Bonchev–Trinajstić information content (AvgIpc) is 2.63. The number of methoxy groups -OCH3 is 1. The molecule has 0 spiro atoms. The van der Waals surface area contributed by atoms with Crippen molar-refractivity contribution in [2.24, 2.45) is 0 Å². The van der Waals surface area contributed by atoms with Gasteiger partial charge in [-0.2, -0.15) is 0 Å². The van der Waals surface area contributed by atoms with Crippen LogP contribution in [-0.2, 0) is 13.1 Å². The topological polar surface area (TPSA) is 63.4 Å². The number of rotatable bonds is 7. The second-order valence-corrected chi connectivity index (χ2v) is 5.76. The predicted octanol–water partition coefficient (Wildman–Crippen LogP) is 3.23. The normalized spacial score (nSPS) is 10.8. The largest absolute Gasteiger partial charge is 0.497 e. The number of benzene rings is 2. The number of H-pyrrole nitrogens is 1. The van der Waals surface area contributed by atoms with E-state index >= 15 is 0 Å². The van der Waals surface area contributed by atoms with Crippen molar-refractivity contribution in [2.45, 2.75) is 20.0 Å². The second kappa shape index (κ2) is 7.85. The number of pyridine rings is 1. The first-order valence-electron chi connectivity index (χ1n) is 8.32. The molecule has 0 atom stereocenters. The van der Waals surface area contributed by atoms with Gasteiger partial charge in [-0.05, 0) is 48.2 Å². The Morgan fingerprint density at radius 3 is 2.72 bits per heavy atom. The van der Waals surface area contributed by atoms with Gasteiger partial charge in [0.2, 0.25) is 0 Å². The quantitative estimate of drug-likeness (QED) is 0.694. The van der Waals surface area contributed by atoms with Crippen LogP contribution in [0.15, 0.2) is 53.3 Å². The van der Waals surface area contributed by atoms with Crippen molar-refractivity contribution < 1.29 is 9.47 Å². The fraction of sp³-hybridized carbons (Fsp3) is 0.250. The molecule has 0 saturated carbocycles. The lowest BCUT2D eigenvalue weighted by molar-refractivity contribution is 0.340. The maximum atomic E-state index is 12.3. The number of nitrogens with one attached hydrogen (secondary N) is 2. The van der Waals surface area contributed by atoms with Crippen LogP contribution in [0, 0.1) is 0 Å². The van der Waals surface area contributed by atoms with Crippen molar-refractivity contribution in [3.05, 3.63) is 70.0 Å². The average molecular weight is 338 g/mol. The van der Waals surface area contributed by atoms with E-state index in [0.29, 0.717) is 25.3 Å². The number of fused-ring (bicyclic) bond motifs is 1. The summed E-state index contributed by atoms with van der Waals surface area (Å²) < 4.78 is 10.7. The molecule has 2 N–H and O–H groups in total. The summed E-state index contributed by atoms with van der Waals surface area (Å²) in [7, 11) is 1.65. The Labute approximate surface area is 146 Å². The van der Waals surface area contributed by atoms with Crippen LogP contribution in [0.2, 0.25) is 0 Å². The molecule has 0 fully saturated rings. The van der Waals surface area contributed by atoms with Crippen LogP contribution in [0.25, 0.3) is 10.9 Å². The summed E-state index contributed by atoms with van der Waals surface area (Å²) >= 11 is 0. The van der Waals surface area contributed by atoms with Gasteiger partial charge >= 0.3 is 0 Å². The van der Waals surface area contributed by atoms with E-state index < -0.39 is 0 Å². The van der Waals surface area contributed by atoms with Crippen molar-refractivity contribution in [1.82, 2.24) is 10.3 Å². The van der Waals surface area contributed by atoms with Gasteiger partial charge in [-0.15, -0.1) is 0 Å². The highest BCUT2D eigenvalue weighted by Gasteiger charge is 2.05. The van der Waals surface area contributed by atoms with E-state index in [1.165, 1.54) is 0 Å². The Hall–Kier alpha value is -2.79. The maximum Gasteiger partial charge on any atom is 0.252 e. The van der Waals surface area contributed by atoms with Gasteiger partial charge in [-0.3, -0.25) is 4.79 Å². The van der Waals surface area contributed by atoms with Crippen LogP contribution in [0.3, 0.4) is 0 Å². The molecule has 0 aliphatic rings. The lowest BCUT2D eigenvalue weighted by Crippen LogP contribution is -2.20. The molecule has 0 amide bonds. The van der Waals surface area contributed by atoms with Crippen molar-refractivity contribution >= 4 is 10.9 Å². The predicted molar refractivity (Wildman–Crippen MR) is 99.3 cm³/mol. The van der Waals surface area contributed by atoms with E-state index in [-0.39, 0.29) is 5.56 Å². The highest BCUT2D eigenvalue weighted by atomic mass is 16.5. The van der Waals surface area contributed by atoms with E-state index in [0.717, 1.165) is 28.0 Å². The van der Waals surface area contributed by atoms with E-state index in [1.807, 2.05) is 55.5 Å². The zero-order chi connectivity index (χ0) is 17.6. The third-order valence-corrected chi connectivity index (χ3v) is 3.98. The van der Waals surface area contributed by atoms with E-state index in [2.05, 4.69) is 10.3 Å². The lowest BCUT2D eigenvalue weighted by Gasteiger charge is -2.08. The molecule has 0 aliphatic carbocycles. The molecule has 25 heavy (non-hydrogen) atoms. The first-order chi connectivity index (χ1) is 12.2. The zero-order valence-electron chi connectivity index (χ0n) is 14.5. The van der Waals surface area contributed by atoms with Crippen LogP contribution in [0.5, 0.6) is 11.5 Å². The molecule has 130 valence electrons. The summed E-state index contributed by atoms with van der Waals surface area (Å²) in [6.07, 6.45) is 0. The summed E-state index contributed by atoms with van der Waals surface area (Å²) in [6.45, 7) is 3.69. The molecule has 0 radical (unpaired) electrons. The number of hydrogen-bond acceptors (Lipinski definition) is 4. The summed E-state index contributed by atoms with van der Waals surface area (Å²) in [5.74, 6) is 1.59. The maximum absolute atomic E-state index is 12.3. The van der Waals surface area contributed by atoms with Crippen molar-refractivity contribution in [3.63, 3.8) is 0 Å². The van der Waals surface area contributed by atoms with Gasteiger partial charge in [0.15, 0.2) is 0 Å². The molecular weight excluding hydrogens is 316 g/mol. The summed E-state index contributed by atoms with van der Waals surface area (Å²) in [5.41, 5.74) is 2.52. The highest BCUT2D eigenvalue weighted by Crippen LogP contribution is 2.19. The molecule has 3 aromatic rings. The molecule has 2 aromatic carbocycles. The third-order valence-electron chi connectivity index (χ3n) is 3.98. The number of aromatic amines is 1. The van der Waals surface area contributed by atoms with Gasteiger partial charge in [-0.1, -0.05) is 12.1 Å². The Morgan fingerprint density at radius 1 is 1.04 bits per heavy atom. The molecule has 0 aliphatic heterocycles. The van der Waals surface area contributed by atoms with Crippen LogP contribution in [-0.4, -0.2) is 18.7 Å². The molecule has 5 heteroatoms. The third kappa shape index (κ3) is 4.19. The Bertz CT molecular complexity index is 918. The van der Waals surface area contributed by atoms with E-state index in [9.17, 15) is 4.79 Å². The Balaban J connectivity index is 1.71. The molecule has 0 unspecified atom stereocenters. The molecular formula is C20H22N2O3. The standard InChI is InChI=1S/C20H22N2O3/c1-3-25-18-8-7-15-10-16(20(23)22-19(15)11-18)13-21-12-14-5-4-6-17(9-14)24-2/h4-11,21H,3,12-13H2,1-2H3,(H,22,23). The van der Waals surface area contributed by atoms with Crippen molar-refractivity contribution in [1.29, 1.82) is 0 Å². The first kappa shape index (κ1) is 17.0. The van der Waals surface area contributed by atoms with Gasteiger partial charge in [0.05, 0.1) is 19.2 Å². The van der Waals surface area contributed by atoms with Gasteiger partial charge in [-0.25, -0.2) is 0 Å². The summed E-state index contributed by atoms with van der Waals surface area (Å²) in [6, 6.07) is 15.5. The minimum Gasteiger partial charge on any atom is -0.497 e. The monoisotopic (exact) mass is 338 g/mol. The van der Waals surface area contributed by atoms with Crippen LogP contribution < -0.4 is 20.3 Å². The second-order valence-electron chi connectivity index (χ2n) is 5.76. The van der Waals surface area contributed by atoms with E-state index in [4.69, 9.17) is 9.47 Å². The van der Waals surface area contributed by atoms with Gasteiger partial charge in [0.1, 0.15) is 11.5 Å². The van der Waals surface area contributed by atoms with Gasteiger partial charge in [0.25, 0.3) is 5.56 Å². The highest BCUT2D eigenvalue weighted by molar-refractivity contribution is 5.80. The number of aromatic nitrogens is 1. The molecule has 3 rings (SSSR count). The summed E-state index contributed by atoms with van der Waals surface area (Å²) in [5, 5.41) is 4.29. The van der Waals surface area contributed by atoms with Crippen LogP contribution in [0.1, 0.15) is 18.1 Å². The molecule has 1 heterocycles. The first-order valence-corrected chi connectivity index (χ1v) is 8.32. The molecule has 1 aromatic heterocycles. The van der Waals surface area contributed by atoms with Gasteiger partial charge < -0.3 is 19.8 Å². The Morgan fingerprint density at radius 2 is 1.92 bits per heavy atom.